The fourth-order valence-corrected chi connectivity index (χ4v) is 2.15. The summed E-state index contributed by atoms with van der Waals surface area (Å²) in [7, 11) is 0. The Labute approximate surface area is 109 Å². The van der Waals surface area contributed by atoms with Gasteiger partial charge in [0.1, 0.15) is 5.75 Å². The summed E-state index contributed by atoms with van der Waals surface area (Å²) in [6, 6.07) is 8.92. The third kappa shape index (κ3) is 4.31. The van der Waals surface area contributed by atoms with E-state index in [4.69, 9.17) is 9.47 Å². The summed E-state index contributed by atoms with van der Waals surface area (Å²) in [5, 5.41) is 3.48. The maximum absolute atomic E-state index is 5.63. The molecule has 0 radical (unpaired) electrons. The number of ether oxygens (including phenoxy) is 2. The average Bonchev–Trinajstić information content (AvgIpc) is 2.38. The number of hydrogen-bond donors (Lipinski definition) is 1. The molecule has 100 valence electrons. The van der Waals surface area contributed by atoms with Crippen LogP contribution in [0.1, 0.15) is 25.8 Å². The van der Waals surface area contributed by atoms with Crippen molar-refractivity contribution in [3.8, 4) is 5.75 Å². The van der Waals surface area contributed by atoms with E-state index in [1.807, 2.05) is 13.8 Å². The predicted molar refractivity (Wildman–Crippen MR) is 73.1 cm³/mol. The van der Waals surface area contributed by atoms with Crippen LogP contribution in [0.2, 0.25) is 0 Å². The van der Waals surface area contributed by atoms with Crippen LogP contribution in [0.4, 0.5) is 0 Å². The van der Waals surface area contributed by atoms with Crippen molar-refractivity contribution < 1.29 is 9.47 Å². The van der Waals surface area contributed by atoms with Crippen molar-refractivity contribution >= 4 is 0 Å². The molecule has 0 saturated carbocycles. The smallest absolute Gasteiger partial charge is 0.119 e. The Bertz CT molecular complexity index is 342. The number of benzene rings is 1. The number of rotatable bonds is 5. The van der Waals surface area contributed by atoms with Gasteiger partial charge in [-0.3, -0.25) is 0 Å². The minimum absolute atomic E-state index is 0.236. The number of morpholine rings is 1. The Balaban J connectivity index is 1.78. The van der Waals surface area contributed by atoms with Crippen molar-refractivity contribution in [3.63, 3.8) is 0 Å². The van der Waals surface area contributed by atoms with Crippen LogP contribution in [-0.2, 0) is 11.2 Å². The SMILES string of the molecule is CC(C)Oc1ccc(CCC2COCCN2)cc1. The van der Waals surface area contributed by atoms with Crippen molar-refractivity contribution in [2.24, 2.45) is 0 Å². The summed E-state index contributed by atoms with van der Waals surface area (Å²) in [6.07, 6.45) is 2.45. The van der Waals surface area contributed by atoms with Crippen LogP contribution in [0.3, 0.4) is 0 Å². The van der Waals surface area contributed by atoms with Gasteiger partial charge in [-0.25, -0.2) is 0 Å². The Hall–Kier alpha value is -1.06. The molecule has 1 aliphatic rings. The Morgan fingerprint density at radius 2 is 2.11 bits per heavy atom. The van der Waals surface area contributed by atoms with E-state index in [9.17, 15) is 0 Å². The van der Waals surface area contributed by atoms with E-state index in [1.165, 1.54) is 5.56 Å². The van der Waals surface area contributed by atoms with E-state index < -0.39 is 0 Å². The van der Waals surface area contributed by atoms with E-state index >= 15 is 0 Å². The molecule has 3 nitrogen and oxygen atoms in total. The van der Waals surface area contributed by atoms with Gasteiger partial charge < -0.3 is 14.8 Å². The highest BCUT2D eigenvalue weighted by atomic mass is 16.5. The topological polar surface area (TPSA) is 30.5 Å². The first-order valence-electron chi connectivity index (χ1n) is 6.81. The number of aryl methyl sites for hydroxylation is 1. The molecule has 0 amide bonds. The van der Waals surface area contributed by atoms with Crippen LogP contribution in [0.25, 0.3) is 0 Å². The lowest BCUT2D eigenvalue weighted by Crippen LogP contribution is -2.41. The Morgan fingerprint density at radius 3 is 2.72 bits per heavy atom. The highest BCUT2D eigenvalue weighted by molar-refractivity contribution is 5.27. The fraction of sp³-hybridized carbons (Fsp3) is 0.600. The standard InChI is InChI=1S/C15H23NO2/c1-12(2)18-15-7-4-13(5-8-15)3-6-14-11-17-10-9-16-14/h4-5,7-8,12,14,16H,3,6,9-11H2,1-2H3. The zero-order valence-electron chi connectivity index (χ0n) is 11.3. The normalized spacial score (nSPS) is 20.1. The van der Waals surface area contributed by atoms with Gasteiger partial charge >= 0.3 is 0 Å². The molecule has 1 unspecified atom stereocenters. The van der Waals surface area contributed by atoms with Crippen LogP contribution in [0.15, 0.2) is 24.3 Å². The van der Waals surface area contributed by atoms with Gasteiger partial charge in [-0.2, -0.15) is 0 Å². The molecule has 3 heteroatoms. The third-order valence-electron chi connectivity index (χ3n) is 3.08. The molecular weight excluding hydrogens is 226 g/mol. The van der Waals surface area contributed by atoms with Crippen molar-refractivity contribution in [2.75, 3.05) is 19.8 Å². The Kier molecular flexibility index (Phi) is 5.02. The molecule has 1 atom stereocenters. The van der Waals surface area contributed by atoms with Gasteiger partial charge in [0.25, 0.3) is 0 Å². The molecule has 0 bridgehead atoms. The van der Waals surface area contributed by atoms with E-state index in [2.05, 4.69) is 29.6 Å². The zero-order chi connectivity index (χ0) is 12.8. The molecule has 1 aliphatic heterocycles. The molecule has 1 saturated heterocycles. The molecule has 0 spiro atoms. The largest absolute Gasteiger partial charge is 0.491 e. The van der Waals surface area contributed by atoms with E-state index in [-0.39, 0.29) is 6.10 Å². The molecule has 18 heavy (non-hydrogen) atoms. The average molecular weight is 249 g/mol. The second-order valence-corrected chi connectivity index (χ2v) is 5.08. The summed E-state index contributed by atoms with van der Waals surface area (Å²) in [4.78, 5) is 0. The maximum Gasteiger partial charge on any atom is 0.119 e. The minimum atomic E-state index is 0.236. The lowest BCUT2D eigenvalue weighted by molar-refractivity contribution is 0.0743. The van der Waals surface area contributed by atoms with Crippen LogP contribution < -0.4 is 10.1 Å². The third-order valence-corrected chi connectivity index (χ3v) is 3.08. The lowest BCUT2D eigenvalue weighted by atomic mass is 10.1. The second-order valence-electron chi connectivity index (χ2n) is 5.08. The predicted octanol–water partition coefficient (Wildman–Crippen LogP) is 2.39. The van der Waals surface area contributed by atoms with Gasteiger partial charge in [0, 0.05) is 12.6 Å². The minimum Gasteiger partial charge on any atom is -0.491 e. The fourth-order valence-electron chi connectivity index (χ4n) is 2.15. The van der Waals surface area contributed by atoms with Gasteiger partial charge in [0.2, 0.25) is 0 Å². The first-order chi connectivity index (χ1) is 8.74. The first-order valence-corrected chi connectivity index (χ1v) is 6.81. The lowest BCUT2D eigenvalue weighted by Gasteiger charge is -2.23. The maximum atomic E-state index is 5.63. The summed E-state index contributed by atoms with van der Waals surface area (Å²) < 4.78 is 11.1. The Morgan fingerprint density at radius 1 is 1.33 bits per heavy atom. The second kappa shape index (κ2) is 6.76. The van der Waals surface area contributed by atoms with Crippen LogP contribution in [0.5, 0.6) is 5.75 Å². The molecule has 0 aromatic heterocycles. The molecule has 1 fully saturated rings. The molecule has 0 aliphatic carbocycles. The van der Waals surface area contributed by atoms with Crippen molar-refractivity contribution in [1.82, 2.24) is 5.32 Å². The van der Waals surface area contributed by atoms with Crippen molar-refractivity contribution in [1.29, 1.82) is 0 Å². The highest BCUT2D eigenvalue weighted by Gasteiger charge is 2.12. The summed E-state index contributed by atoms with van der Waals surface area (Å²) in [6.45, 7) is 6.75. The molecular formula is C15H23NO2. The molecule has 1 aromatic carbocycles. The number of nitrogens with one attached hydrogen (secondary N) is 1. The van der Waals surface area contributed by atoms with Crippen LogP contribution >= 0.6 is 0 Å². The molecule has 1 N–H and O–H groups in total. The van der Waals surface area contributed by atoms with Crippen molar-refractivity contribution in [3.05, 3.63) is 29.8 Å². The molecule has 1 heterocycles. The monoisotopic (exact) mass is 249 g/mol. The van der Waals surface area contributed by atoms with E-state index in [1.54, 1.807) is 0 Å². The first kappa shape index (κ1) is 13.4. The number of hydrogen-bond acceptors (Lipinski definition) is 3. The summed E-state index contributed by atoms with van der Waals surface area (Å²) >= 11 is 0. The van der Waals surface area contributed by atoms with Gasteiger partial charge in [0.15, 0.2) is 0 Å². The van der Waals surface area contributed by atoms with Crippen molar-refractivity contribution in [2.45, 2.75) is 38.8 Å². The van der Waals surface area contributed by atoms with Gasteiger partial charge in [-0.1, -0.05) is 12.1 Å². The van der Waals surface area contributed by atoms with Gasteiger partial charge in [-0.05, 0) is 44.4 Å². The van der Waals surface area contributed by atoms with Gasteiger partial charge in [0.05, 0.1) is 19.3 Å². The van der Waals surface area contributed by atoms with Crippen LogP contribution in [-0.4, -0.2) is 31.9 Å². The summed E-state index contributed by atoms with van der Waals surface area (Å²) in [5.41, 5.74) is 1.36. The van der Waals surface area contributed by atoms with Gasteiger partial charge in [-0.15, -0.1) is 0 Å². The van der Waals surface area contributed by atoms with Crippen LogP contribution in [0, 0.1) is 0 Å². The molecule has 2 rings (SSSR count). The molecule has 1 aromatic rings. The summed E-state index contributed by atoms with van der Waals surface area (Å²) in [5.74, 6) is 0.952. The zero-order valence-corrected chi connectivity index (χ0v) is 11.3. The van der Waals surface area contributed by atoms with E-state index in [0.717, 1.165) is 38.3 Å². The quantitative estimate of drug-likeness (QED) is 0.869. The van der Waals surface area contributed by atoms with E-state index in [0.29, 0.717) is 6.04 Å². The highest BCUT2D eigenvalue weighted by Crippen LogP contribution is 2.15.